The van der Waals surface area contributed by atoms with E-state index >= 15 is 0 Å². The van der Waals surface area contributed by atoms with E-state index in [4.69, 9.17) is 11.6 Å². The number of aromatic nitrogens is 1. The van der Waals surface area contributed by atoms with Gasteiger partial charge in [0.1, 0.15) is 0 Å². The van der Waals surface area contributed by atoms with E-state index in [1.54, 1.807) is 23.6 Å². The molecule has 0 bridgehead atoms. The molecule has 106 valence electrons. The van der Waals surface area contributed by atoms with Crippen molar-refractivity contribution < 1.29 is 4.39 Å². The van der Waals surface area contributed by atoms with Crippen molar-refractivity contribution in [1.29, 1.82) is 0 Å². The van der Waals surface area contributed by atoms with E-state index in [1.165, 1.54) is 10.9 Å². The zero-order valence-electron chi connectivity index (χ0n) is 10.8. The summed E-state index contributed by atoms with van der Waals surface area (Å²) in [5.74, 6) is -0.462. The third kappa shape index (κ3) is 3.51. The maximum absolute atomic E-state index is 12.9. The first-order valence-corrected chi connectivity index (χ1v) is 8.25. The minimum Gasteiger partial charge on any atom is -0.228 e. The maximum atomic E-state index is 12.9. The third-order valence-electron chi connectivity index (χ3n) is 3.05. The fourth-order valence-corrected chi connectivity index (χ4v) is 3.63. The van der Waals surface area contributed by atoms with Crippen LogP contribution in [-0.2, 0) is 6.42 Å². The molecule has 3 aromatic rings. The average Bonchev–Trinajstić information content (AvgIpc) is 2.92. The van der Waals surface area contributed by atoms with Gasteiger partial charge in [0.25, 0.3) is 0 Å². The van der Waals surface area contributed by atoms with E-state index in [1.807, 2.05) is 24.3 Å². The van der Waals surface area contributed by atoms with Crippen LogP contribution in [0.2, 0.25) is 5.02 Å². The van der Waals surface area contributed by atoms with Crippen LogP contribution in [0.15, 0.2) is 53.1 Å². The lowest BCUT2D eigenvalue weighted by atomic mass is 10.1. The molecule has 5 heteroatoms. The van der Waals surface area contributed by atoms with Crippen LogP contribution >= 0.6 is 38.9 Å². The molecule has 1 aromatic carbocycles. The Bertz CT molecular complexity index is 770. The van der Waals surface area contributed by atoms with Crippen LogP contribution in [-0.4, -0.2) is 4.98 Å². The highest BCUT2D eigenvalue weighted by atomic mass is 79.9. The van der Waals surface area contributed by atoms with E-state index in [2.05, 4.69) is 27.0 Å². The Balaban J connectivity index is 1.85. The normalized spacial score (nSPS) is 10.8. The number of pyridine rings is 1. The number of nitrogens with zero attached hydrogens (tertiary/aromatic N) is 1. The molecule has 0 aliphatic carbocycles. The van der Waals surface area contributed by atoms with E-state index < -0.39 is 5.95 Å². The first kappa shape index (κ1) is 14.7. The van der Waals surface area contributed by atoms with E-state index in [0.717, 1.165) is 31.9 Å². The zero-order chi connectivity index (χ0) is 14.8. The summed E-state index contributed by atoms with van der Waals surface area (Å²) in [6.07, 6.45) is 2.33. The number of hydrogen-bond donors (Lipinski definition) is 0. The quantitative estimate of drug-likeness (QED) is 0.510. The van der Waals surface area contributed by atoms with Gasteiger partial charge in [0.15, 0.2) is 0 Å². The molecule has 0 saturated carbocycles. The van der Waals surface area contributed by atoms with Gasteiger partial charge in [-0.15, -0.1) is 11.3 Å². The van der Waals surface area contributed by atoms with Crippen molar-refractivity contribution in [2.24, 2.45) is 0 Å². The van der Waals surface area contributed by atoms with Crippen molar-refractivity contribution in [2.45, 2.75) is 6.42 Å². The summed E-state index contributed by atoms with van der Waals surface area (Å²) in [5.41, 5.74) is 2.00. The SMILES string of the molecule is Fc1ccc(-c2ccc(Cc3cc(Br)ccc3Cl)s2)cn1. The molecule has 2 aromatic heterocycles. The van der Waals surface area contributed by atoms with Gasteiger partial charge in [0.2, 0.25) is 5.95 Å². The van der Waals surface area contributed by atoms with Gasteiger partial charge < -0.3 is 0 Å². The first-order valence-electron chi connectivity index (χ1n) is 6.26. The summed E-state index contributed by atoms with van der Waals surface area (Å²) in [6.45, 7) is 0. The largest absolute Gasteiger partial charge is 0.228 e. The third-order valence-corrected chi connectivity index (χ3v) is 5.04. The summed E-state index contributed by atoms with van der Waals surface area (Å²) in [5, 5.41) is 0.761. The van der Waals surface area contributed by atoms with Gasteiger partial charge in [-0.25, -0.2) is 4.98 Å². The molecule has 0 N–H and O–H groups in total. The topological polar surface area (TPSA) is 12.9 Å². The molecule has 0 fully saturated rings. The van der Waals surface area contributed by atoms with Gasteiger partial charge in [0, 0.05) is 37.4 Å². The van der Waals surface area contributed by atoms with Gasteiger partial charge in [-0.3, -0.25) is 0 Å². The maximum Gasteiger partial charge on any atom is 0.212 e. The smallest absolute Gasteiger partial charge is 0.212 e. The van der Waals surface area contributed by atoms with Gasteiger partial charge in [-0.2, -0.15) is 4.39 Å². The molecule has 0 radical (unpaired) electrons. The fourth-order valence-electron chi connectivity index (χ4n) is 2.02. The fraction of sp³-hybridized carbons (Fsp3) is 0.0625. The molecule has 2 heterocycles. The van der Waals surface area contributed by atoms with Crippen molar-refractivity contribution in [3.63, 3.8) is 0 Å². The van der Waals surface area contributed by atoms with Gasteiger partial charge in [-0.05, 0) is 48.0 Å². The predicted octanol–water partition coefficient (Wildman–Crippen LogP) is 5.96. The highest BCUT2D eigenvalue weighted by Gasteiger charge is 2.07. The van der Waals surface area contributed by atoms with Crippen LogP contribution < -0.4 is 0 Å². The molecule has 0 aliphatic heterocycles. The molecule has 0 unspecified atom stereocenters. The molecule has 3 rings (SSSR count). The molecule has 0 amide bonds. The lowest BCUT2D eigenvalue weighted by Crippen LogP contribution is -1.86. The van der Waals surface area contributed by atoms with Gasteiger partial charge >= 0.3 is 0 Å². The van der Waals surface area contributed by atoms with Crippen molar-refractivity contribution >= 4 is 38.9 Å². The molecule has 1 nitrogen and oxygen atoms in total. The zero-order valence-corrected chi connectivity index (χ0v) is 14.0. The molecular formula is C16H10BrClFNS. The Kier molecular flexibility index (Phi) is 4.38. The summed E-state index contributed by atoms with van der Waals surface area (Å²) in [4.78, 5) is 5.96. The van der Waals surface area contributed by atoms with Crippen LogP contribution in [0.3, 0.4) is 0 Å². The van der Waals surface area contributed by atoms with Crippen LogP contribution in [0.25, 0.3) is 10.4 Å². The Hall–Kier alpha value is -1.23. The molecule has 21 heavy (non-hydrogen) atoms. The van der Waals surface area contributed by atoms with Gasteiger partial charge in [-0.1, -0.05) is 27.5 Å². The molecule has 0 spiro atoms. The lowest BCUT2D eigenvalue weighted by molar-refractivity contribution is 0.584. The van der Waals surface area contributed by atoms with Crippen molar-refractivity contribution in [2.75, 3.05) is 0 Å². The minimum atomic E-state index is -0.462. The summed E-state index contributed by atoms with van der Waals surface area (Å²) >= 11 is 11.3. The standard InChI is InChI=1S/C16H10BrClFNS/c17-12-2-4-14(18)11(7-12)8-13-3-5-15(21-13)10-1-6-16(19)20-9-10/h1-7,9H,8H2. The molecule has 0 saturated heterocycles. The van der Waals surface area contributed by atoms with Crippen molar-refractivity contribution in [3.8, 4) is 10.4 Å². The number of thiophene rings is 1. The molecular weight excluding hydrogens is 373 g/mol. The van der Waals surface area contributed by atoms with E-state index in [-0.39, 0.29) is 0 Å². The van der Waals surface area contributed by atoms with Gasteiger partial charge in [0.05, 0.1) is 0 Å². The van der Waals surface area contributed by atoms with Crippen LogP contribution in [0.4, 0.5) is 4.39 Å². The van der Waals surface area contributed by atoms with E-state index in [9.17, 15) is 4.39 Å². The second-order valence-electron chi connectivity index (χ2n) is 4.55. The second kappa shape index (κ2) is 6.26. The highest BCUT2D eigenvalue weighted by molar-refractivity contribution is 9.10. The van der Waals surface area contributed by atoms with Crippen LogP contribution in [0, 0.1) is 5.95 Å². The summed E-state index contributed by atoms with van der Waals surface area (Å²) < 4.78 is 13.9. The Morgan fingerprint density at radius 2 is 2.00 bits per heavy atom. The van der Waals surface area contributed by atoms with Crippen molar-refractivity contribution in [1.82, 2.24) is 4.98 Å². The van der Waals surface area contributed by atoms with Crippen molar-refractivity contribution in [3.05, 3.63) is 74.5 Å². The Morgan fingerprint density at radius 3 is 2.76 bits per heavy atom. The number of benzene rings is 1. The predicted molar refractivity (Wildman–Crippen MR) is 89.5 cm³/mol. The second-order valence-corrected chi connectivity index (χ2v) is 7.04. The van der Waals surface area contributed by atoms with E-state index in [0.29, 0.717) is 0 Å². The minimum absolute atomic E-state index is 0.462. The number of halogens is 3. The highest BCUT2D eigenvalue weighted by Crippen LogP contribution is 2.31. The monoisotopic (exact) mass is 381 g/mol. The Morgan fingerprint density at radius 1 is 1.14 bits per heavy atom. The lowest BCUT2D eigenvalue weighted by Gasteiger charge is -2.03. The van der Waals surface area contributed by atoms with Crippen LogP contribution in [0.5, 0.6) is 0 Å². The number of hydrogen-bond acceptors (Lipinski definition) is 2. The summed E-state index contributed by atoms with van der Waals surface area (Å²) in [6, 6.07) is 13.1. The summed E-state index contributed by atoms with van der Waals surface area (Å²) in [7, 11) is 0. The number of rotatable bonds is 3. The first-order chi connectivity index (χ1) is 10.1. The molecule has 0 aliphatic rings. The molecule has 0 atom stereocenters. The Labute approximate surface area is 139 Å². The average molecular weight is 383 g/mol. The van der Waals surface area contributed by atoms with Crippen LogP contribution in [0.1, 0.15) is 10.4 Å².